The minimum Gasteiger partial charge on any atom is -0.497 e. The molecule has 4 rings (SSSR count). The molecule has 1 aliphatic carbocycles. The molecule has 1 aromatic heterocycles. The molecule has 1 fully saturated rings. The van der Waals surface area contributed by atoms with Gasteiger partial charge in [-0.15, -0.1) is 11.3 Å². The minimum absolute atomic E-state index is 0.0746. The highest BCUT2D eigenvalue weighted by molar-refractivity contribution is 7.17. The number of aryl methyl sites for hydroxylation is 1. The van der Waals surface area contributed by atoms with Gasteiger partial charge in [-0.2, -0.15) is 0 Å². The second-order valence-corrected chi connectivity index (χ2v) is 9.20. The van der Waals surface area contributed by atoms with Gasteiger partial charge in [0.05, 0.1) is 25.8 Å². The van der Waals surface area contributed by atoms with Crippen molar-refractivity contribution >= 4 is 28.2 Å². The molecule has 7 nitrogen and oxygen atoms in total. The highest BCUT2D eigenvalue weighted by Gasteiger charge is 2.35. The zero-order chi connectivity index (χ0) is 22.1. The number of likely N-dealkylation sites (tertiary alicyclic amines) is 1. The Morgan fingerprint density at radius 2 is 2.03 bits per heavy atom. The van der Waals surface area contributed by atoms with Crippen molar-refractivity contribution in [3.8, 4) is 11.5 Å². The van der Waals surface area contributed by atoms with E-state index in [1.54, 1.807) is 14.2 Å². The number of methoxy groups -OCH3 is 2. The number of rotatable bonds is 7. The highest BCUT2D eigenvalue weighted by atomic mass is 32.1. The van der Waals surface area contributed by atoms with E-state index < -0.39 is 5.91 Å². The average molecular weight is 444 g/mol. The molecule has 1 aliphatic heterocycles. The average Bonchev–Trinajstić information content (AvgIpc) is 3.48. The Morgan fingerprint density at radius 3 is 2.74 bits per heavy atom. The number of anilines is 1. The van der Waals surface area contributed by atoms with E-state index >= 15 is 0 Å². The Kier molecular flexibility index (Phi) is 6.20. The molecule has 2 aliphatic rings. The lowest BCUT2D eigenvalue weighted by Crippen LogP contribution is -2.41. The topological polar surface area (TPSA) is 93.9 Å². The first-order valence-corrected chi connectivity index (χ1v) is 11.5. The lowest BCUT2D eigenvalue weighted by Gasteiger charge is -2.31. The van der Waals surface area contributed by atoms with E-state index in [0.717, 1.165) is 61.3 Å². The van der Waals surface area contributed by atoms with Gasteiger partial charge in [0, 0.05) is 22.5 Å². The van der Waals surface area contributed by atoms with Gasteiger partial charge in [-0.3, -0.25) is 14.5 Å². The summed E-state index contributed by atoms with van der Waals surface area (Å²) in [6.45, 7) is 2.73. The molecular weight excluding hydrogens is 414 g/mol. The van der Waals surface area contributed by atoms with Gasteiger partial charge in [0.25, 0.3) is 5.91 Å². The first-order chi connectivity index (χ1) is 14.9. The van der Waals surface area contributed by atoms with Crippen molar-refractivity contribution in [3.05, 3.63) is 39.8 Å². The molecule has 2 aromatic rings. The van der Waals surface area contributed by atoms with E-state index in [4.69, 9.17) is 15.2 Å². The van der Waals surface area contributed by atoms with Crippen LogP contribution < -0.4 is 20.5 Å². The van der Waals surface area contributed by atoms with Crippen molar-refractivity contribution in [2.45, 2.75) is 51.1 Å². The zero-order valence-electron chi connectivity index (χ0n) is 18.2. The molecule has 2 amide bonds. The van der Waals surface area contributed by atoms with E-state index in [1.807, 2.05) is 25.1 Å². The highest BCUT2D eigenvalue weighted by Crippen LogP contribution is 2.41. The van der Waals surface area contributed by atoms with Crippen molar-refractivity contribution in [3.63, 3.8) is 0 Å². The number of nitrogens with zero attached hydrogens (tertiary/aromatic N) is 1. The molecule has 0 radical (unpaired) electrons. The summed E-state index contributed by atoms with van der Waals surface area (Å²) >= 11 is 1.49. The molecule has 0 spiro atoms. The third kappa shape index (κ3) is 4.02. The molecular formula is C23H29N3O4S. The number of fused-ring (bicyclic) bond motifs is 1. The Morgan fingerprint density at radius 1 is 1.23 bits per heavy atom. The fourth-order valence-corrected chi connectivity index (χ4v) is 6.10. The third-order valence-electron chi connectivity index (χ3n) is 6.38. The molecule has 166 valence electrons. The first-order valence-electron chi connectivity index (χ1n) is 10.7. The molecule has 8 heteroatoms. The van der Waals surface area contributed by atoms with Gasteiger partial charge in [0.2, 0.25) is 5.91 Å². The first kappa shape index (κ1) is 21.6. The van der Waals surface area contributed by atoms with Crippen LogP contribution in [-0.4, -0.2) is 43.5 Å². The quantitative estimate of drug-likeness (QED) is 0.683. The van der Waals surface area contributed by atoms with Gasteiger partial charge in [-0.05, 0) is 57.2 Å². The predicted molar refractivity (Wildman–Crippen MR) is 121 cm³/mol. The minimum atomic E-state index is -0.468. The number of nitrogens with one attached hydrogen (secondary N) is 1. The van der Waals surface area contributed by atoms with Gasteiger partial charge in [0.15, 0.2) is 0 Å². The van der Waals surface area contributed by atoms with Gasteiger partial charge < -0.3 is 20.5 Å². The van der Waals surface area contributed by atoms with Crippen LogP contribution >= 0.6 is 11.3 Å². The summed E-state index contributed by atoms with van der Waals surface area (Å²) in [7, 11) is 3.28. The van der Waals surface area contributed by atoms with E-state index in [1.165, 1.54) is 16.2 Å². The summed E-state index contributed by atoms with van der Waals surface area (Å²) < 4.78 is 10.9. The zero-order valence-corrected chi connectivity index (χ0v) is 19.0. The molecule has 1 aromatic carbocycles. The predicted octanol–water partition coefficient (Wildman–Crippen LogP) is 3.52. The van der Waals surface area contributed by atoms with Crippen LogP contribution in [-0.2, 0) is 17.6 Å². The van der Waals surface area contributed by atoms with E-state index in [2.05, 4.69) is 10.2 Å². The molecule has 0 bridgehead atoms. The number of benzene rings is 1. The molecule has 0 saturated carbocycles. The smallest absolute Gasteiger partial charge is 0.251 e. The largest absolute Gasteiger partial charge is 0.497 e. The van der Waals surface area contributed by atoms with Crippen LogP contribution in [0, 0.1) is 0 Å². The maximum absolute atomic E-state index is 13.2. The molecule has 2 atom stereocenters. The maximum Gasteiger partial charge on any atom is 0.251 e. The van der Waals surface area contributed by atoms with Crippen molar-refractivity contribution in [2.24, 2.45) is 5.73 Å². The number of hydrogen-bond donors (Lipinski definition) is 2. The van der Waals surface area contributed by atoms with Gasteiger partial charge >= 0.3 is 0 Å². The molecule has 2 heterocycles. The monoisotopic (exact) mass is 443 g/mol. The second-order valence-electron chi connectivity index (χ2n) is 8.09. The molecule has 1 saturated heterocycles. The Bertz CT molecular complexity index is 1000. The lowest BCUT2D eigenvalue weighted by molar-refractivity contribution is -0.121. The normalized spacial score (nSPS) is 19.1. The van der Waals surface area contributed by atoms with Crippen LogP contribution in [0.4, 0.5) is 5.00 Å². The summed E-state index contributed by atoms with van der Waals surface area (Å²) in [5, 5.41) is 3.59. The number of amides is 2. The number of nitrogens with two attached hydrogens (primary N) is 1. The number of carbonyl (C=O) groups is 2. The summed E-state index contributed by atoms with van der Waals surface area (Å²) in [4.78, 5) is 28.6. The van der Waals surface area contributed by atoms with Crippen LogP contribution in [0.1, 0.15) is 58.6 Å². The van der Waals surface area contributed by atoms with Crippen LogP contribution in [0.15, 0.2) is 18.2 Å². The number of primary amides is 1. The second kappa shape index (κ2) is 8.88. The number of hydrogen-bond acceptors (Lipinski definition) is 6. The van der Waals surface area contributed by atoms with Crippen molar-refractivity contribution in [1.82, 2.24) is 4.90 Å². The van der Waals surface area contributed by atoms with Crippen molar-refractivity contribution in [2.75, 3.05) is 26.1 Å². The number of ether oxygens (including phenoxy) is 2. The van der Waals surface area contributed by atoms with E-state index in [9.17, 15) is 9.59 Å². The summed E-state index contributed by atoms with van der Waals surface area (Å²) in [6, 6.07) is 5.52. The maximum atomic E-state index is 13.2. The number of carbonyl (C=O) groups excluding carboxylic acids is 2. The van der Waals surface area contributed by atoms with Crippen LogP contribution in [0.3, 0.4) is 0 Å². The van der Waals surface area contributed by atoms with Crippen molar-refractivity contribution < 1.29 is 19.1 Å². The fourth-order valence-electron chi connectivity index (χ4n) is 4.80. The Hall–Kier alpha value is -2.58. The number of thiophene rings is 1. The van der Waals surface area contributed by atoms with E-state index in [0.29, 0.717) is 10.6 Å². The lowest BCUT2D eigenvalue weighted by atomic mass is 10.0. The SMILES string of the molecule is COc1ccc([C@H]2CCCN2[C@H](C)C(=O)Nc2sc3c(c2C(N)=O)CCC3)c(OC)c1. The standard InChI is InChI=1S/C23H29N3O4S/c1-13(22(28)25-23-20(21(24)27)16-6-4-8-19(16)31-23)26-11-5-7-17(26)15-10-9-14(29-2)12-18(15)30-3/h9-10,12-13,17H,4-8,11H2,1-3H3,(H2,24,27)(H,25,28)/t13-,17-/m1/s1. The van der Waals surface area contributed by atoms with Gasteiger partial charge in [-0.1, -0.05) is 6.07 Å². The van der Waals surface area contributed by atoms with Crippen LogP contribution in [0.25, 0.3) is 0 Å². The van der Waals surface area contributed by atoms with Crippen molar-refractivity contribution in [1.29, 1.82) is 0 Å². The summed E-state index contributed by atoms with van der Waals surface area (Å²) in [6.07, 6.45) is 4.76. The van der Waals surface area contributed by atoms with Gasteiger partial charge in [0.1, 0.15) is 16.5 Å². The van der Waals surface area contributed by atoms with Crippen LogP contribution in [0.2, 0.25) is 0 Å². The fraction of sp³-hybridized carbons (Fsp3) is 0.478. The third-order valence-corrected chi connectivity index (χ3v) is 7.58. The summed E-state index contributed by atoms with van der Waals surface area (Å²) in [5.74, 6) is 0.904. The Labute approximate surface area is 186 Å². The Balaban J connectivity index is 1.55. The molecule has 31 heavy (non-hydrogen) atoms. The van der Waals surface area contributed by atoms with E-state index in [-0.39, 0.29) is 18.0 Å². The summed E-state index contributed by atoms with van der Waals surface area (Å²) in [5.41, 5.74) is 8.20. The molecule has 3 N–H and O–H groups in total. The van der Waals surface area contributed by atoms with Crippen LogP contribution in [0.5, 0.6) is 11.5 Å². The molecule has 0 unspecified atom stereocenters. The van der Waals surface area contributed by atoms with Gasteiger partial charge in [-0.25, -0.2) is 0 Å².